The second kappa shape index (κ2) is 6.81. The fraction of sp³-hybridized carbons (Fsp3) is 0.312. The minimum atomic E-state index is -3.78. The highest BCUT2D eigenvalue weighted by Crippen LogP contribution is 2.30. The summed E-state index contributed by atoms with van der Waals surface area (Å²) in [5, 5.41) is 2.40. The number of rotatable bonds is 4. The van der Waals surface area contributed by atoms with E-state index in [-0.39, 0.29) is 16.4 Å². The highest BCUT2D eigenvalue weighted by molar-refractivity contribution is 7.91. The highest BCUT2D eigenvalue weighted by atomic mass is 32.2. The number of carbonyl (C=O) groups excluding carboxylic acids is 1. The molecule has 0 aliphatic carbocycles. The second-order valence-corrected chi connectivity index (χ2v) is 9.19. The zero-order valence-corrected chi connectivity index (χ0v) is 15.0. The third kappa shape index (κ3) is 3.73. The van der Waals surface area contributed by atoms with Gasteiger partial charge in [-0.05, 0) is 44.0 Å². The van der Waals surface area contributed by atoms with Gasteiger partial charge in [0.25, 0.3) is 10.0 Å². The number of anilines is 1. The van der Waals surface area contributed by atoms with Crippen LogP contribution in [-0.4, -0.2) is 31.2 Å². The van der Waals surface area contributed by atoms with Crippen LogP contribution in [0.4, 0.5) is 14.5 Å². The maximum absolute atomic E-state index is 13.2. The first kappa shape index (κ1) is 18.0. The third-order valence-corrected chi connectivity index (χ3v) is 7.29. The molecule has 1 unspecified atom stereocenters. The quantitative estimate of drug-likeness (QED) is 0.878. The molecule has 1 aliphatic heterocycles. The van der Waals surface area contributed by atoms with Crippen LogP contribution in [0.15, 0.2) is 34.5 Å². The number of nitrogens with zero attached hydrogens (tertiary/aromatic N) is 1. The molecule has 1 saturated heterocycles. The number of hydrogen-bond donors (Lipinski definition) is 1. The van der Waals surface area contributed by atoms with Crippen LogP contribution >= 0.6 is 11.3 Å². The van der Waals surface area contributed by atoms with Crippen molar-refractivity contribution in [3.05, 3.63) is 46.8 Å². The van der Waals surface area contributed by atoms with Crippen LogP contribution in [-0.2, 0) is 14.8 Å². The van der Waals surface area contributed by atoms with E-state index in [2.05, 4.69) is 5.32 Å². The molecule has 1 fully saturated rings. The molecule has 1 amide bonds. The van der Waals surface area contributed by atoms with Crippen LogP contribution in [0, 0.1) is 18.6 Å². The van der Waals surface area contributed by atoms with Crippen molar-refractivity contribution in [3.8, 4) is 0 Å². The Kier molecular flexibility index (Phi) is 4.90. The largest absolute Gasteiger partial charge is 0.324 e. The molecule has 0 radical (unpaired) electrons. The molecule has 0 spiro atoms. The first-order valence-electron chi connectivity index (χ1n) is 7.62. The Balaban J connectivity index is 1.82. The van der Waals surface area contributed by atoms with Gasteiger partial charge in [0.15, 0.2) is 0 Å². The average Bonchev–Trinajstić information content (AvgIpc) is 3.15. The lowest BCUT2D eigenvalue weighted by molar-refractivity contribution is -0.119. The molecule has 1 N–H and O–H groups in total. The summed E-state index contributed by atoms with van der Waals surface area (Å²) in [7, 11) is -3.78. The van der Waals surface area contributed by atoms with Gasteiger partial charge in [0.05, 0.1) is 0 Å². The number of hydrogen-bond acceptors (Lipinski definition) is 4. The Hall–Kier alpha value is -1.84. The van der Waals surface area contributed by atoms with Crippen LogP contribution in [0.5, 0.6) is 0 Å². The van der Waals surface area contributed by atoms with E-state index in [9.17, 15) is 22.0 Å². The minimum Gasteiger partial charge on any atom is -0.324 e. The molecule has 1 aromatic carbocycles. The summed E-state index contributed by atoms with van der Waals surface area (Å²) < 4.78 is 53.4. The Labute approximate surface area is 148 Å². The van der Waals surface area contributed by atoms with Crippen molar-refractivity contribution in [1.29, 1.82) is 0 Å². The Morgan fingerprint density at radius 2 is 1.92 bits per heavy atom. The van der Waals surface area contributed by atoms with E-state index in [1.54, 1.807) is 13.0 Å². The Morgan fingerprint density at radius 3 is 2.52 bits per heavy atom. The van der Waals surface area contributed by atoms with Crippen LogP contribution in [0.3, 0.4) is 0 Å². The predicted molar refractivity (Wildman–Crippen MR) is 91.0 cm³/mol. The summed E-state index contributed by atoms with van der Waals surface area (Å²) in [5.74, 6) is -2.24. The zero-order valence-electron chi connectivity index (χ0n) is 13.3. The molecule has 0 bridgehead atoms. The van der Waals surface area contributed by atoms with Crippen LogP contribution < -0.4 is 5.32 Å². The highest BCUT2D eigenvalue weighted by Gasteiger charge is 2.40. The lowest BCUT2D eigenvalue weighted by atomic mass is 10.2. The molecule has 1 aromatic heterocycles. The average molecular weight is 386 g/mol. The number of benzene rings is 1. The van der Waals surface area contributed by atoms with E-state index in [0.29, 0.717) is 18.9 Å². The number of thiophene rings is 1. The Bertz CT molecular complexity index is 892. The van der Waals surface area contributed by atoms with Crippen molar-refractivity contribution in [2.45, 2.75) is 30.0 Å². The molecule has 2 heterocycles. The van der Waals surface area contributed by atoms with Gasteiger partial charge in [-0.1, -0.05) is 0 Å². The van der Waals surface area contributed by atoms with Crippen molar-refractivity contribution in [3.63, 3.8) is 0 Å². The lowest BCUT2D eigenvalue weighted by Gasteiger charge is -2.22. The van der Waals surface area contributed by atoms with Gasteiger partial charge in [-0.15, -0.1) is 11.3 Å². The van der Waals surface area contributed by atoms with Gasteiger partial charge in [-0.2, -0.15) is 4.31 Å². The molecule has 134 valence electrons. The maximum Gasteiger partial charge on any atom is 0.253 e. The molecule has 2 aromatic rings. The zero-order chi connectivity index (χ0) is 18.2. The lowest BCUT2D eigenvalue weighted by Crippen LogP contribution is -2.42. The van der Waals surface area contributed by atoms with E-state index in [0.717, 1.165) is 32.7 Å². The number of nitrogens with one attached hydrogen (secondary N) is 1. The van der Waals surface area contributed by atoms with Gasteiger partial charge in [-0.25, -0.2) is 17.2 Å². The second-order valence-electron chi connectivity index (χ2n) is 5.79. The molecular weight excluding hydrogens is 370 g/mol. The van der Waals surface area contributed by atoms with Gasteiger partial charge < -0.3 is 5.32 Å². The van der Waals surface area contributed by atoms with Crippen molar-refractivity contribution in [2.75, 3.05) is 11.9 Å². The van der Waals surface area contributed by atoms with E-state index < -0.39 is 33.6 Å². The maximum atomic E-state index is 13.2. The first-order valence-corrected chi connectivity index (χ1v) is 9.88. The summed E-state index contributed by atoms with van der Waals surface area (Å²) in [5.41, 5.74) is -0.0429. The van der Waals surface area contributed by atoms with Crippen molar-refractivity contribution < 1.29 is 22.0 Å². The smallest absolute Gasteiger partial charge is 0.253 e. The van der Waals surface area contributed by atoms with Gasteiger partial charge in [0, 0.05) is 23.2 Å². The first-order chi connectivity index (χ1) is 11.8. The number of halogens is 2. The van der Waals surface area contributed by atoms with E-state index in [1.807, 2.05) is 0 Å². The molecule has 1 aliphatic rings. The Morgan fingerprint density at radius 1 is 1.24 bits per heavy atom. The predicted octanol–water partition coefficient (Wildman–Crippen LogP) is 3.13. The van der Waals surface area contributed by atoms with Crippen molar-refractivity contribution in [1.82, 2.24) is 4.31 Å². The van der Waals surface area contributed by atoms with Gasteiger partial charge in [0.1, 0.15) is 21.9 Å². The number of aryl methyl sites for hydroxylation is 1. The number of amides is 1. The fourth-order valence-corrected chi connectivity index (χ4v) is 5.88. The molecular formula is C16H16F2N2O3S2. The van der Waals surface area contributed by atoms with Gasteiger partial charge in [0.2, 0.25) is 5.91 Å². The van der Waals surface area contributed by atoms with Crippen LogP contribution in [0.2, 0.25) is 0 Å². The van der Waals surface area contributed by atoms with Crippen LogP contribution in [0.25, 0.3) is 0 Å². The molecule has 5 nitrogen and oxygen atoms in total. The molecule has 0 saturated carbocycles. The molecule has 1 atom stereocenters. The number of sulfonamides is 1. The summed E-state index contributed by atoms with van der Waals surface area (Å²) in [6, 6.07) is 4.98. The van der Waals surface area contributed by atoms with Gasteiger partial charge >= 0.3 is 0 Å². The summed E-state index contributed by atoms with van der Waals surface area (Å²) in [6.45, 7) is 2.03. The normalized spacial score (nSPS) is 18.4. The van der Waals surface area contributed by atoms with Crippen molar-refractivity contribution in [2.24, 2.45) is 0 Å². The molecule has 9 heteroatoms. The van der Waals surface area contributed by atoms with E-state index in [4.69, 9.17) is 0 Å². The van der Waals surface area contributed by atoms with E-state index in [1.165, 1.54) is 6.07 Å². The SMILES string of the molecule is Cc1ccc(S(=O)(=O)N2CCCC2C(=O)Nc2cc(F)cc(F)c2)s1. The monoisotopic (exact) mass is 386 g/mol. The standard InChI is InChI=1S/C16H16F2N2O3S2/c1-10-4-5-15(24-10)25(22,23)20-6-2-3-14(20)16(21)19-13-8-11(17)7-12(18)9-13/h4-5,7-9,14H,2-3,6H2,1H3,(H,19,21). The van der Waals surface area contributed by atoms with Gasteiger partial charge in [-0.3, -0.25) is 4.79 Å². The topological polar surface area (TPSA) is 66.5 Å². The summed E-state index contributed by atoms with van der Waals surface area (Å²) in [6.07, 6.45) is 0.895. The van der Waals surface area contributed by atoms with E-state index >= 15 is 0 Å². The minimum absolute atomic E-state index is 0.0429. The van der Waals surface area contributed by atoms with Crippen LogP contribution in [0.1, 0.15) is 17.7 Å². The number of carbonyl (C=O) groups is 1. The summed E-state index contributed by atoms with van der Waals surface area (Å²) >= 11 is 1.14. The summed E-state index contributed by atoms with van der Waals surface area (Å²) in [4.78, 5) is 13.3. The third-order valence-electron chi connectivity index (χ3n) is 3.92. The molecule has 3 rings (SSSR count). The van der Waals surface area contributed by atoms with Crippen molar-refractivity contribution >= 4 is 33.0 Å². The molecule has 25 heavy (non-hydrogen) atoms. The fourth-order valence-electron chi connectivity index (χ4n) is 2.81.